The third-order valence-electron chi connectivity index (χ3n) is 4.88. The van der Waals surface area contributed by atoms with E-state index in [9.17, 15) is 14.7 Å². The summed E-state index contributed by atoms with van der Waals surface area (Å²) >= 11 is 12.0. The number of carbonyl (C=O) groups excluding carboxylic acids is 1. The minimum Gasteiger partial charge on any atom is -0.481 e. The predicted octanol–water partition coefficient (Wildman–Crippen LogP) is 2.84. The minimum atomic E-state index is -0.770. The van der Waals surface area contributed by atoms with Crippen LogP contribution in [0.3, 0.4) is 0 Å². The number of carboxylic acid groups (broad SMARTS) is 1. The summed E-state index contributed by atoms with van der Waals surface area (Å²) in [5, 5.41) is 18.3. The number of nitrogens with zero attached hydrogens (tertiary/aromatic N) is 4. The maximum absolute atomic E-state index is 12.9. The number of halogens is 2. The molecule has 2 aromatic rings. The number of rotatable bonds is 7. The van der Waals surface area contributed by atoms with Gasteiger partial charge in [-0.3, -0.25) is 9.59 Å². The minimum absolute atomic E-state index is 0.0124. The zero-order valence-electron chi connectivity index (χ0n) is 15.9. The molecule has 0 atom stereocenters. The number of aliphatic carboxylic acids is 1. The lowest BCUT2D eigenvalue weighted by Crippen LogP contribution is -2.34. The van der Waals surface area contributed by atoms with Crippen LogP contribution in [0.2, 0.25) is 10.3 Å². The maximum atomic E-state index is 12.9. The van der Waals surface area contributed by atoms with Gasteiger partial charge in [0.25, 0.3) is 5.91 Å². The van der Waals surface area contributed by atoms with Crippen LogP contribution < -0.4 is 9.64 Å². The summed E-state index contributed by atoms with van der Waals surface area (Å²) in [6, 6.07) is 3.24. The number of pyridine rings is 1. The summed E-state index contributed by atoms with van der Waals surface area (Å²) in [4.78, 5) is 37.0. The molecule has 9 nitrogen and oxygen atoms in total. The van der Waals surface area contributed by atoms with Crippen LogP contribution in [0.5, 0.6) is 5.88 Å². The Morgan fingerprint density at radius 3 is 2.30 bits per heavy atom. The summed E-state index contributed by atoms with van der Waals surface area (Å²) in [6.07, 6.45) is 4.90. The quantitative estimate of drug-likeness (QED) is 0.611. The summed E-state index contributed by atoms with van der Waals surface area (Å²) in [5.74, 6) is -1.29. The van der Waals surface area contributed by atoms with E-state index in [0.717, 1.165) is 6.33 Å². The molecule has 2 aromatic heterocycles. The highest BCUT2D eigenvalue weighted by molar-refractivity contribution is 6.39. The van der Waals surface area contributed by atoms with E-state index in [2.05, 4.69) is 15.0 Å². The van der Waals surface area contributed by atoms with Gasteiger partial charge in [0.1, 0.15) is 28.3 Å². The van der Waals surface area contributed by atoms with Crippen molar-refractivity contribution in [3.8, 4) is 5.88 Å². The number of amides is 1. The van der Waals surface area contributed by atoms with Gasteiger partial charge in [0.05, 0.1) is 24.4 Å². The molecular formula is C19H20Cl2N4O5. The van der Waals surface area contributed by atoms with E-state index >= 15 is 0 Å². The molecule has 1 aliphatic rings. The predicted molar refractivity (Wildman–Crippen MR) is 109 cm³/mol. The molecule has 1 saturated carbocycles. The topological polar surface area (TPSA) is 126 Å². The van der Waals surface area contributed by atoms with Crippen LogP contribution in [0.25, 0.3) is 0 Å². The van der Waals surface area contributed by atoms with E-state index < -0.39 is 11.9 Å². The Labute approximate surface area is 182 Å². The molecule has 11 heteroatoms. The monoisotopic (exact) mass is 454 g/mol. The van der Waals surface area contributed by atoms with Gasteiger partial charge in [-0.1, -0.05) is 23.2 Å². The average molecular weight is 455 g/mol. The van der Waals surface area contributed by atoms with Crippen LogP contribution >= 0.6 is 23.2 Å². The van der Waals surface area contributed by atoms with E-state index in [1.54, 1.807) is 12.1 Å². The van der Waals surface area contributed by atoms with Crippen molar-refractivity contribution in [2.75, 3.05) is 18.1 Å². The van der Waals surface area contributed by atoms with E-state index in [1.807, 2.05) is 0 Å². The van der Waals surface area contributed by atoms with Crippen molar-refractivity contribution in [3.63, 3.8) is 0 Å². The molecule has 2 heterocycles. The second-order valence-electron chi connectivity index (χ2n) is 6.80. The van der Waals surface area contributed by atoms with Gasteiger partial charge in [0, 0.05) is 12.6 Å². The number of anilines is 1. The molecule has 0 aliphatic heterocycles. The van der Waals surface area contributed by atoms with Gasteiger partial charge < -0.3 is 19.8 Å². The SMILES string of the molecule is O=C(O)C1CCC(Oc2ccc(N(CCO)C(=O)c3c(Cl)ncnc3Cl)cn2)CC1. The highest BCUT2D eigenvalue weighted by Gasteiger charge is 2.28. The van der Waals surface area contributed by atoms with Gasteiger partial charge in [-0.2, -0.15) is 0 Å². The lowest BCUT2D eigenvalue weighted by atomic mass is 9.87. The van der Waals surface area contributed by atoms with Crippen molar-refractivity contribution in [2.45, 2.75) is 31.8 Å². The molecular weight excluding hydrogens is 435 g/mol. The third kappa shape index (κ3) is 5.16. The molecule has 0 radical (unpaired) electrons. The molecule has 0 aromatic carbocycles. The highest BCUT2D eigenvalue weighted by atomic mass is 35.5. The van der Waals surface area contributed by atoms with Gasteiger partial charge in [-0.15, -0.1) is 0 Å². The number of aromatic nitrogens is 3. The number of carboxylic acids is 1. The van der Waals surface area contributed by atoms with Crippen molar-refractivity contribution in [1.82, 2.24) is 15.0 Å². The number of hydrogen-bond donors (Lipinski definition) is 2. The van der Waals surface area contributed by atoms with Crippen molar-refractivity contribution >= 4 is 40.8 Å². The molecule has 1 amide bonds. The first kappa shape index (κ1) is 22.2. The van der Waals surface area contributed by atoms with Crippen LogP contribution in [0.4, 0.5) is 5.69 Å². The number of aliphatic hydroxyl groups excluding tert-OH is 1. The Hall–Kier alpha value is -2.49. The fourth-order valence-corrected chi connectivity index (χ4v) is 3.78. The number of aliphatic hydroxyl groups is 1. The first-order valence-electron chi connectivity index (χ1n) is 9.35. The summed E-state index contributed by atoms with van der Waals surface area (Å²) in [7, 11) is 0. The van der Waals surface area contributed by atoms with Crippen molar-refractivity contribution in [1.29, 1.82) is 0 Å². The Balaban J connectivity index is 1.71. The van der Waals surface area contributed by atoms with Crippen LogP contribution in [0, 0.1) is 5.92 Å². The lowest BCUT2D eigenvalue weighted by molar-refractivity contribution is -0.143. The second kappa shape index (κ2) is 10.0. The van der Waals surface area contributed by atoms with E-state index in [0.29, 0.717) is 37.3 Å². The Kier molecular flexibility index (Phi) is 7.41. The van der Waals surface area contributed by atoms with E-state index in [-0.39, 0.29) is 41.0 Å². The van der Waals surface area contributed by atoms with Gasteiger partial charge >= 0.3 is 5.97 Å². The lowest BCUT2D eigenvalue weighted by Gasteiger charge is -2.26. The van der Waals surface area contributed by atoms with Gasteiger partial charge in [0.2, 0.25) is 5.88 Å². The summed E-state index contributed by atoms with van der Waals surface area (Å²) in [5.41, 5.74) is 0.344. The molecule has 0 saturated heterocycles. The smallest absolute Gasteiger partial charge is 0.306 e. The van der Waals surface area contributed by atoms with Gasteiger partial charge in [0.15, 0.2) is 0 Å². The first-order valence-corrected chi connectivity index (χ1v) is 10.1. The molecule has 160 valence electrons. The fraction of sp³-hybridized carbons (Fsp3) is 0.421. The number of hydrogen-bond acceptors (Lipinski definition) is 7. The Bertz CT molecular complexity index is 884. The van der Waals surface area contributed by atoms with Gasteiger partial charge in [-0.25, -0.2) is 15.0 Å². The second-order valence-corrected chi connectivity index (χ2v) is 7.51. The molecule has 0 bridgehead atoms. The number of ether oxygens (including phenoxy) is 1. The van der Waals surface area contributed by atoms with Crippen molar-refractivity contribution in [3.05, 3.63) is 40.5 Å². The highest BCUT2D eigenvalue weighted by Crippen LogP contribution is 2.29. The number of carbonyl (C=O) groups is 2. The van der Waals surface area contributed by atoms with E-state index in [4.69, 9.17) is 33.0 Å². The third-order valence-corrected chi connectivity index (χ3v) is 5.45. The molecule has 30 heavy (non-hydrogen) atoms. The fourth-order valence-electron chi connectivity index (χ4n) is 3.30. The normalized spacial score (nSPS) is 18.6. The standard InChI is InChI=1S/C19H20Cl2N4O5/c20-16-15(17(21)24-10-23-16)18(27)25(7-8-26)12-3-6-14(22-9-12)30-13-4-1-11(2-5-13)19(28)29/h3,6,9-11,13,26H,1-2,4-5,7-8H2,(H,28,29). The van der Waals surface area contributed by atoms with Gasteiger partial charge in [-0.05, 0) is 31.7 Å². The van der Waals surface area contributed by atoms with E-state index in [1.165, 1.54) is 11.1 Å². The van der Waals surface area contributed by atoms with Crippen LogP contribution in [0.15, 0.2) is 24.7 Å². The van der Waals surface area contributed by atoms with Crippen molar-refractivity contribution in [2.24, 2.45) is 5.92 Å². The molecule has 1 fully saturated rings. The maximum Gasteiger partial charge on any atom is 0.306 e. The van der Waals surface area contributed by atoms with Crippen LogP contribution in [-0.4, -0.2) is 56.3 Å². The molecule has 3 rings (SSSR count). The van der Waals surface area contributed by atoms with Crippen LogP contribution in [-0.2, 0) is 4.79 Å². The van der Waals surface area contributed by atoms with Crippen LogP contribution in [0.1, 0.15) is 36.0 Å². The molecule has 1 aliphatic carbocycles. The molecule has 0 spiro atoms. The Morgan fingerprint density at radius 1 is 1.10 bits per heavy atom. The summed E-state index contributed by atoms with van der Waals surface area (Å²) in [6.45, 7) is -0.304. The summed E-state index contributed by atoms with van der Waals surface area (Å²) < 4.78 is 5.84. The largest absolute Gasteiger partial charge is 0.481 e. The zero-order valence-corrected chi connectivity index (χ0v) is 17.4. The Morgan fingerprint density at radius 2 is 1.77 bits per heavy atom. The zero-order chi connectivity index (χ0) is 21.7. The average Bonchev–Trinajstić information content (AvgIpc) is 2.73. The van der Waals surface area contributed by atoms with Crippen molar-refractivity contribution < 1.29 is 24.5 Å². The molecule has 0 unspecified atom stereocenters. The first-order chi connectivity index (χ1) is 14.4. The molecule has 2 N–H and O–H groups in total.